The summed E-state index contributed by atoms with van der Waals surface area (Å²) in [7, 11) is 1.42. The van der Waals surface area contributed by atoms with E-state index in [4.69, 9.17) is 19.6 Å². The third-order valence-corrected chi connectivity index (χ3v) is 7.83. The van der Waals surface area contributed by atoms with Crippen LogP contribution in [0.25, 0.3) is 17.2 Å². The molecule has 2 aromatic carbocycles. The molecule has 0 bridgehead atoms. The van der Waals surface area contributed by atoms with E-state index in [1.165, 1.54) is 68.6 Å². The quantitative estimate of drug-likeness (QED) is 0.0694. The minimum Gasteiger partial charge on any atom is -0.496 e. The first-order valence-corrected chi connectivity index (χ1v) is 16.8. The maximum absolute atomic E-state index is 14.0. The predicted octanol–water partition coefficient (Wildman–Crippen LogP) is 5.07. The standard InChI is InChI=1S/C38H41N5O11/c1-7-24-16-29(34(45)41-26-12-10-25(11-13-26)33(39)43-38(49)52-19-51-21(4)44)28(17-31(24)50-6)27-14-15-30(35(46)40-18-23-8-9-23)42-32(27)37(48)54-22(5)53-36(47)20(2)3/h7,10-17,20,22-23H,1,8-9,18-19H2,2-6H3,(H,40,46)(H,41,45)(H2,39,43,49). The molecule has 1 atom stereocenters. The van der Waals surface area contributed by atoms with Crippen molar-refractivity contribution in [2.75, 3.05) is 25.8 Å². The maximum atomic E-state index is 14.0. The van der Waals surface area contributed by atoms with Crippen molar-refractivity contribution >= 4 is 53.4 Å². The second-order valence-corrected chi connectivity index (χ2v) is 12.4. The lowest BCUT2D eigenvalue weighted by molar-refractivity contribution is -0.169. The van der Waals surface area contributed by atoms with E-state index in [1.54, 1.807) is 13.8 Å². The van der Waals surface area contributed by atoms with Crippen molar-refractivity contribution in [1.29, 1.82) is 5.41 Å². The molecule has 1 unspecified atom stereocenters. The summed E-state index contributed by atoms with van der Waals surface area (Å²) >= 11 is 0. The van der Waals surface area contributed by atoms with Crippen LogP contribution in [0.3, 0.4) is 0 Å². The molecule has 16 nitrogen and oxygen atoms in total. The highest BCUT2D eigenvalue weighted by Crippen LogP contribution is 2.35. The maximum Gasteiger partial charge on any atom is 0.415 e. The Labute approximate surface area is 311 Å². The third kappa shape index (κ3) is 11.0. The molecule has 1 heterocycles. The molecule has 4 rings (SSSR count). The Bertz CT molecular complexity index is 1960. The number of carbonyl (C=O) groups excluding carboxylic acids is 6. The number of benzene rings is 2. The van der Waals surface area contributed by atoms with Gasteiger partial charge in [-0.15, -0.1) is 0 Å². The number of nitrogens with one attached hydrogen (secondary N) is 4. The number of amidine groups is 1. The summed E-state index contributed by atoms with van der Waals surface area (Å²) in [5.41, 5.74) is 0.960. The van der Waals surface area contributed by atoms with E-state index >= 15 is 0 Å². The van der Waals surface area contributed by atoms with Crippen LogP contribution >= 0.6 is 0 Å². The first-order valence-electron chi connectivity index (χ1n) is 16.8. The summed E-state index contributed by atoms with van der Waals surface area (Å²) in [5.74, 6) is -3.52. The zero-order valence-corrected chi connectivity index (χ0v) is 30.4. The van der Waals surface area contributed by atoms with Gasteiger partial charge in [0, 0.05) is 53.9 Å². The average Bonchev–Trinajstić information content (AvgIpc) is 3.97. The fourth-order valence-corrected chi connectivity index (χ4v) is 4.78. The number of amides is 3. The minimum absolute atomic E-state index is 0.0563. The molecule has 0 aliphatic heterocycles. The number of methoxy groups -OCH3 is 1. The Kier molecular flexibility index (Phi) is 13.6. The Balaban J connectivity index is 1.67. The van der Waals surface area contributed by atoms with E-state index < -0.39 is 54.8 Å². The number of rotatable bonds is 15. The summed E-state index contributed by atoms with van der Waals surface area (Å²) in [4.78, 5) is 80.0. The molecule has 0 saturated heterocycles. The number of carbonyl (C=O) groups is 6. The molecule has 16 heteroatoms. The Morgan fingerprint density at radius 3 is 2.26 bits per heavy atom. The van der Waals surface area contributed by atoms with Crippen molar-refractivity contribution in [3.05, 3.63) is 83.2 Å². The van der Waals surface area contributed by atoms with Crippen LogP contribution in [0.15, 0.2) is 55.1 Å². The summed E-state index contributed by atoms with van der Waals surface area (Å²) in [6.07, 6.45) is 1.17. The van der Waals surface area contributed by atoms with Crippen molar-refractivity contribution in [3.63, 3.8) is 0 Å². The van der Waals surface area contributed by atoms with Gasteiger partial charge in [0.2, 0.25) is 13.1 Å². The lowest BCUT2D eigenvalue weighted by Gasteiger charge is -2.19. The zero-order chi connectivity index (χ0) is 39.5. The molecule has 54 heavy (non-hydrogen) atoms. The van der Waals surface area contributed by atoms with E-state index in [1.807, 2.05) is 0 Å². The van der Waals surface area contributed by atoms with Gasteiger partial charge in [0.25, 0.3) is 11.8 Å². The van der Waals surface area contributed by atoms with Crippen LogP contribution in [0, 0.1) is 17.2 Å². The molecule has 4 N–H and O–H groups in total. The fraction of sp³-hybridized carbons (Fsp3) is 0.316. The predicted molar refractivity (Wildman–Crippen MR) is 195 cm³/mol. The van der Waals surface area contributed by atoms with Crippen LogP contribution in [0.1, 0.15) is 83.0 Å². The van der Waals surface area contributed by atoms with Gasteiger partial charge in [-0.1, -0.05) is 26.5 Å². The van der Waals surface area contributed by atoms with Crippen molar-refractivity contribution in [2.24, 2.45) is 11.8 Å². The number of hydrogen-bond acceptors (Lipinski definition) is 13. The third-order valence-electron chi connectivity index (χ3n) is 7.83. The molecule has 1 aliphatic rings. The van der Waals surface area contributed by atoms with Gasteiger partial charge in [0.1, 0.15) is 17.3 Å². The molecule has 3 amide bonds. The largest absolute Gasteiger partial charge is 0.496 e. The van der Waals surface area contributed by atoms with E-state index in [0.29, 0.717) is 29.5 Å². The second-order valence-electron chi connectivity index (χ2n) is 12.4. The number of alkyl carbamates (subject to hydrolysis) is 1. The van der Waals surface area contributed by atoms with Gasteiger partial charge in [0.15, 0.2) is 5.69 Å². The minimum atomic E-state index is -1.30. The topological polar surface area (TPSA) is 221 Å². The molecule has 3 aromatic rings. The molecule has 1 aromatic heterocycles. The molecule has 1 fully saturated rings. The van der Waals surface area contributed by atoms with Crippen LogP contribution in [0.2, 0.25) is 0 Å². The lowest BCUT2D eigenvalue weighted by atomic mass is 9.94. The molecule has 0 spiro atoms. The van der Waals surface area contributed by atoms with Crippen molar-refractivity contribution < 1.29 is 52.5 Å². The number of esters is 3. The number of aromatic nitrogens is 1. The highest BCUT2D eigenvalue weighted by Gasteiger charge is 2.28. The molecular weight excluding hydrogens is 702 g/mol. The first-order chi connectivity index (χ1) is 25.7. The normalized spacial score (nSPS) is 12.4. The molecular formula is C38H41N5O11. The number of ether oxygens (including phenoxy) is 5. The lowest BCUT2D eigenvalue weighted by Crippen LogP contribution is -2.31. The van der Waals surface area contributed by atoms with Crippen LogP contribution in [-0.4, -0.2) is 73.4 Å². The summed E-state index contributed by atoms with van der Waals surface area (Å²) in [6, 6.07) is 11.8. The van der Waals surface area contributed by atoms with Gasteiger partial charge in [-0.2, -0.15) is 0 Å². The molecule has 284 valence electrons. The Morgan fingerprint density at radius 2 is 1.65 bits per heavy atom. The SMILES string of the molecule is C=Cc1cc(C(=O)Nc2ccc(C(=N)NC(=O)OCOC(C)=O)cc2)c(-c2ccc(C(=O)NCC3CC3)nc2C(=O)OC(C)OC(=O)C(C)C)cc1OC. The second kappa shape index (κ2) is 18.3. The van der Waals surface area contributed by atoms with Gasteiger partial charge in [-0.3, -0.25) is 29.9 Å². The fourth-order valence-electron chi connectivity index (χ4n) is 4.78. The number of pyridine rings is 1. The van der Waals surface area contributed by atoms with E-state index in [9.17, 15) is 28.8 Å². The number of hydrogen-bond donors (Lipinski definition) is 4. The summed E-state index contributed by atoms with van der Waals surface area (Å²) in [5, 5.41) is 15.9. The van der Waals surface area contributed by atoms with E-state index in [2.05, 4.69) is 37.0 Å². The highest BCUT2D eigenvalue weighted by molar-refractivity contribution is 6.11. The highest BCUT2D eigenvalue weighted by atomic mass is 16.7. The molecule has 1 aliphatic carbocycles. The van der Waals surface area contributed by atoms with Crippen LogP contribution < -0.4 is 20.7 Å². The van der Waals surface area contributed by atoms with E-state index in [-0.39, 0.29) is 39.5 Å². The van der Waals surface area contributed by atoms with Gasteiger partial charge in [-0.05, 0) is 67.3 Å². The summed E-state index contributed by atoms with van der Waals surface area (Å²) in [6.45, 7) is 9.41. The monoisotopic (exact) mass is 743 g/mol. The number of anilines is 1. The Hall–Kier alpha value is -6.58. The van der Waals surface area contributed by atoms with E-state index in [0.717, 1.165) is 19.8 Å². The Morgan fingerprint density at radius 1 is 0.944 bits per heavy atom. The van der Waals surface area contributed by atoms with Gasteiger partial charge < -0.3 is 34.3 Å². The number of nitrogens with zero attached hydrogens (tertiary/aromatic N) is 1. The molecule has 1 saturated carbocycles. The summed E-state index contributed by atoms with van der Waals surface area (Å²) < 4.78 is 25.4. The van der Waals surface area contributed by atoms with Crippen LogP contribution in [0.5, 0.6) is 5.75 Å². The molecule has 0 radical (unpaired) electrons. The van der Waals surface area contributed by atoms with Crippen molar-refractivity contribution in [1.82, 2.24) is 15.6 Å². The van der Waals surface area contributed by atoms with Gasteiger partial charge in [-0.25, -0.2) is 14.6 Å². The van der Waals surface area contributed by atoms with Crippen LogP contribution in [-0.2, 0) is 28.5 Å². The first kappa shape index (κ1) is 40.2. The van der Waals surface area contributed by atoms with Crippen molar-refractivity contribution in [2.45, 2.75) is 46.8 Å². The smallest absolute Gasteiger partial charge is 0.415 e. The van der Waals surface area contributed by atoms with Crippen molar-refractivity contribution in [3.8, 4) is 16.9 Å². The zero-order valence-electron chi connectivity index (χ0n) is 30.4. The van der Waals surface area contributed by atoms with Crippen LogP contribution in [0.4, 0.5) is 10.5 Å². The van der Waals surface area contributed by atoms with Gasteiger partial charge >= 0.3 is 24.0 Å². The van der Waals surface area contributed by atoms with Gasteiger partial charge in [0.05, 0.1) is 13.0 Å². The average molecular weight is 744 g/mol.